The van der Waals surface area contributed by atoms with E-state index in [9.17, 15) is 39.0 Å². The van der Waals surface area contributed by atoms with Gasteiger partial charge in [-0.05, 0) is 36.5 Å². The first-order chi connectivity index (χ1) is 18.9. The summed E-state index contributed by atoms with van der Waals surface area (Å²) < 4.78 is 0. The maximum absolute atomic E-state index is 13.4. The van der Waals surface area contributed by atoms with Crippen LogP contribution in [0.1, 0.15) is 31.2 Å². The molecule has 0 aliphatic carbocycles. The number of carboxylic acid groups (broad SMARTS) is 2. The number of aromatic nitrogens is 1. The van der Waals surface area contributed by atoms with Crippen LogP contribution < -0.4 is 27.4 Å². The number of H-pyrrole nitrogens is 1. The average Bonchev–Trinajstić information content (AvgIpc) is 3.30. The number of primary amides is 1. The van der Waals surface area contributed by atoms with E-state index in [1.165, 1.54) is 11.8 Å². The fourth-order valence-corrected chi connectivity index (χ4v) is 4.35. The number of fused-ring (bicyclic) bond motifs is 1. The normalized spacial score (nSPS) is 13.9. The summed E-state index contributed by atoms with van der Waals surface area (Å²) in [5, 5.41) is 26.5. The Bertz CT molecular complexity index is 1230. The quantitative estimate of drug-likeness (QED) is 0.114. The fourth-order valence-electron chi connectivity index (χ4n) is 3.86. The van der Waals surface area contributed by atoms with Crippen LogP contribution in [0.4, 0.5) is 0 Å². The first-order valence-electron chi connectivity index (χ1n) is 12.4. The summed E-state index contributed by atoms with van der Waals surface area (Å²) in [6, 6.07) is 1.87. The Hall–Kier alpha value is -4.11. The minimum absolute atomic E-state index is 0.0192. The molecule has 4 unspecified atom stereocenters. The van der Waals surface area contributed by atoms with Gasteiger partial charge in [0.1, 0.15) is 18.1 Å². The van der Waals surface area contributed by atoms with Gasteiger partial charge in [0.25, 0.3) is 0 Å². The van der Waals surface area contributed by atoms with Crippen LogP contribution in [0.2, 0.25) is 0 Å². The Labute approximate surface area is 234 Å². The number of hydrogen-bond donors (Lipinski definition) is 8. The summed E-state index contributed by atoms with van der Waals surface area (Å²) in [4.78, 5) is 76.1. The standard InChI is InChI=1S/C25H34N6O8S/c1-40-9-8-15(26)22(35)30-18(10-13-12-28-16-5-3-2-4-14(13)16)23(36)31-19(11-21(33)34)24(37)29-17(25(38)39)6-7-20(27)32/h2-5,12,15,17-19,28H,6-11,26H2,1H3,(H2,27,32)(H,29,37)(H,30,35)(H,31,36)(H,33,34)(H,38,39). The molecule has 15 heteroatoms. The van der Waals surface area contributed by atoms with Crippen molar-refractivity contribution >= 4 is 58.2 Å². The summed E-state index contributed by atoms with van der Waals surface area (Å²) in [7, 11) is 0. The second-order valence-corrected chi connectivity index (χ2v) is 10.1. The molecule has 0 fully saturated rings. The summed E-state index contributed by atoms with van der Waals surface area (Å²) >= 11 is 1.50. The summed E-state index contributed by atoms with van der Waals surface area (Å²) in [6.45, 7) is 0. The predicted molar refractivity (Wildman–Crippen MR) is 147 cm³/mol. The van der Waals surface area contributed by atoms with Crippen molar-refractivity contribution in [1.82, 2.24) is 20.9 Å². The molecule has 0 saturated carbocycles. The van der Waals surface area contributed by atoms with Crippen molar-refractivity contribution in [2.45, 2.75) is 56.3 Å². The van der Waals surface area contributed by atoms with Crippen molar-refractivity contribution in [3.05, 3.63) is 36.0 Å². The Kier molecular flexibility index (Phi) is 12.4. The van der Waals surface area contributed by atoms with Crippen molar-refractivity contribution in [2.24, 2.45) is 11.5 Å². The molecule has 4 atom stereocenters. The van der Waals surface area contributed by atoms with Gasteiger partial charge in [-0.25, -0.2) is 4.79 Å². The molecule has 1 aromatic carbocycles. The second-order valence-electron chi connectivity index (χ2n) is 9.08. The van der Waals surface area contributed by atoms with Crippen molar-refractivity contribution in [3.8, 4) is 0 Å². The van der Waals surface area contributed by atoms with Crippen LogP contribution in [0.5, 0.6) is 0 Å². The molecule has 0 radical (unpaired) electrons. The highest BCUT2D eigenvalue weighted by Crippen LogP contribution is 2.19. The molecular weight excluding hydrogens is 544 g/mol. The van der Waals surface area contributed by atoms with Crippen molar-refractivity contribution in [1.29, 1.82) is 0 Å². The molecular formula is C25H34N6O8S. The number of nitrogens with one attached hydrogen (secondary N) is 4. The largest absolute Gasteiger partial charge is 0.481 e. The number of thioether (sulfide) groups is 1. The molecule has 0 aliphatic rings. The molecule has 2 rings (SSSR count). The first-order valence-corrected chi connectivity index (χ1v) is 13.8. The number of carbonyl (C=O) groups is 6. The van der Waals surface area contributed by atoms with Gasteiger partial charge in [-0.3, -0.25) is 24.0 Å². The van der Waals surface area contributed by atoms with Crippen LogP contribution >= 0.6 is 11.8 Å². The van der Waals surface area contributed by atoms with E-state index in [1.807, 2.05) is 24.5 Å². The zero-order chi connectivity index (χ0) is 29.8. The number of aliphatic carboxylic acids is 2. The molecule has 2 aromatic rings. The molecule has 14 nitrogen and oxygen atoms in total. The third-order valence-electron chi connectivity index (χ3n) is 6.01. The Morgan fingerprint density at radius 2 is 1.55 bits per heavy atom. The van der Waals surface area contributed by atoms with Gasteiger partial charge in [-0.1, -0.05) is 18.2 Å². The number of carboxylic acids is 2. The topological polar surface area (TPSA) is 247 Å². The Balaban J connectivity index is 2.28. The van der Waals surface area contributed by atoms with Gasteiger partial charge in [0.15, 0.2) is 0 Å². The highest BCUT2D eigenvalue weighted by molar-refractivity contribution is 7.98. The maximum Gasteiger partial charge on any atom is 0.326 e. The lowest BCUT2D eigenvalue weighted by molar-refractivity contribution is -0.143. The van der Waals surface area contributed by atoms with E-state index >= 15 is 0 Å². The molecule has 0 spiro atoms. The van der Waals surface area contributed by atoms with Gasteiger partial charge < -0.3 is 42.6 Å². The summed E-state index contributed by atoms with van der Waals surface area (Å²) in [5.74, 6) is -5.68. The van der Waals surface area contributed by atoms with Crippen molar-refractivity contribution in [2.75, 3.05) is 12.0 Å². The fraction of sp³-hybridized carbons (Fsp3) is 0.440. The zero-order valence-electron chi connectivity index (χ0n) is 21.8. The van der Waals surface area contributed by atoms with Crippen molar-refractivity contribution in [3.63, 3.8) is 0 Å². The molecule has 1 aromatic heterocycles. The molecule has 0 saturated heterocycles. The van der Waals surface area contributed by atoms with E-state index in [2.05, 4.69) is 20.9 Å². The lowest BCUT2D eigenvalue weighted by Crippen LogP contribution is -2.58. The third-order valence-corrected chi connectivity index (χ3v) is 6.65. The van der Waals surface area contributed by atoms with Crippen LogP contribution in [0.25, 0.3) is 10.9 Å². The van der Waals surface area contributed by atoms with Gasteiger partial charge in [-0.15, -0.1) is 0 Å². The SMILES string of the molecule is CSCCC(N)C(=O)NC(Cc1c[nH]c2ccccc12)C(=O)NC(CC(=O)O)C(=O)NC(CCC(N)=O)C(=O)O. The van der Waals surface area contributed by atoms with Gasteiger partial charge in [-0.2, -0.15) is 11.8 Å². The van der Waals surface area contributed by atoms with E-state index in [0.29, 0.717) is 17.7 Å². The molecule has 218 valence electrons. The molecule has 10 N–H and O–H groups in total. The number of hydrogen-bond acceptors (Lipinski definition) is 8. The molecule has 1 heterocycles. The number of carbonyl (C=O) groups excluding carboxylic acids is 4. The minimum Gasteiger partial charge on any atom is -0.481 e. The minimum atomic E-state index is -1.69. The predicted octanol–water partition coefficient (Wildman–Crippen LogP) is -0.930. The number of nitrogens with two attached hydrogens (primary N) is 2. The molecule has 40 heavy (non-hydrogen) atoms. The van der Waals surface area contributed by atoms with E-state index < -0.39 is 66.2 Å². The van der Waals surface area contributed by atoms with Crippen LogP contribution in [-0.2, 0) is 35.2 Å². The van der Waals surface area contributed by atoms with E-state index in [4.69, 9.17) is 11.5 Å². The number of amides is 4. The van der Waals surface area contributed by atoms with Crippen LogP contribution in [0.3, 0.4) is 0 Å². The highest BCUT2D eigenvalue weighted by atomic mass is 32.2. The average molecular weight is 579 g/mol. The summed E-state index contributed by atoms with van der Waals surface area (Å²) in [6.07, 6.45) is 2.30. The van der Waals surface area contributed by atoms with Gasteiger partial charge >= 0.3 is 11.9 Å². The maximum atomic E-state index is 13.4. The van der Waals surface area contributed by atoms with Crippen LogP contribution in [0.15, 0.2) is 30.5 Å². The Morgan fingerprint density at radius 1 is 0.925 bits per heavy atom. The number of para-hydroxylation sites is 1. The lowest BCUT2D eigenvalue weighted by atomic mass is 10.0. The van der Waals surface area contributed by atoms with E-state index in [1.54, 1.807) is 12.3 Å². The monoisotopic (exact) mass is 578 g/mol. The molecule has 4 amide bonds. The van der Waals surface area contributed by atoms with Crippen LogP contribution in [-0.4, -0.2) is 86.9 Å². The smallest absolute Gasteiger partial charge is 0.326 e. The second kappa shape index (κ2) is 15.5. The van der Waals surface area contributed by atoms with Crippen LogP contribution in [0, 0.1) is 0 Å². The third kappa shape index (κ3) is 9.89. The van der Waals surface area contributed by atoms with Crippen molar-refractivity contribution < 1.29 is 39.0 Å². The van der Waals surface area contributed by atoms with E-state index in [-0.39, 0.29) is 19.3 Å². The number of benzene rings is 1. The van der Waals surface area contributed by atoms with Gasteiger partial charge in [0, 0.05) is 29.9 Å². The number of rotatable bonds is 17. The number of aromatic amines is 1. The van der Waals surface area contributed by atoms with Gasteiger partial charge in [0.05, 0.1) is 12.5 Å². The highest BCUT2D eigenvalue weighted by Gasteiger charge is 2.32. The first kappa shape index (κ1) is 32.1. The lowest BCUT2D eigenvalue weighted by Gasteiger charge is -2.24. The Morgan fingerprint density at radius 3 is 2.17 bits per heavy atom. The zero-order valence-corrected chi connectivity index (χ0v) is 22.7. The van der Waals surface area contributed by atoms with Gasteiger partial charge in [0.2, 0.25) is 23.6 Å². The summed E-state index contributed by atoms with van der Waals surface area (Å²) in [5.41, 5.74) is 12.5. The van der Waals surface area contributed by atoms with E-state index in [0.717, 1.165) is 10.9 Å². The molecule has 0 aliphatic heterocycles. The molecule has 0 bridgehead atoms.